The molecule has 0 rings (SSSR count). The third-order valence-corrected chi connectivity index (χ3v) is 1.15. The number of hydrogen-bond donors (Lipinski definition) is 0. The van der Waals surface area contributed by atoms with Gasteiger partial charge < -0.3 is 4.74 Å². The van der Waals surface area contributed by atoms with E-state index in [1.165, 1.54) is 12.5 Å². The molecule has 0 spiro atoms. The zero-order valence-corrected chi connectivity index (χ0v) is 7.10. The van der Waals surface area contributed by atoms with Crippen molar-refractivity contribution in [3.05, 3.63) is 0 Å². The van der Waals surface area contributed by atoms with Crippen LogP contribution in [0.4, 0.5) is 4.79 Å². The summed E-state index contributed by atoms with van der Waals surface area (Å²) in [5, 5.41) is 0. The van der Waals surface area contributed by atoms with Crippen LogP contribution in [0.3, 0.4) is 0 Å². The highest BCUT2D eigenvalue weighted by Crippen LogP contribution is 1.89. The third-order valence-electron chi connectivity index (χ3n) is 0.562. The second-order valence-corrected chi connectivity index (χ2v) is 4.52. The molecule has 10 heavy (non-hydrogen) atoms. The van der Waals surface area contributed by atoms with Crippen molar-refractivity contribution in [2.45, 2.75) is 6.92 Å². The van der Waals surface area contributed by atoms with Crippen LogP contribution >= 0.6 is 0 Å². The molecular formula is C5H11NO3S. The van der Waals surface area contributed by atoms with Crippen molar-refractivity contribution in [3.8, 4) is 0 Å². The molecule has 0 aliphatic rings. The van der Waals surface area contributed by atoms with Crippen LogP contribution in [0.25, 0.3) is 0 Å². The largest absolute Gasteiger partial charge is 0.448 e. The average molecular weight is 165 g/mol. The fraction of sp³-hybridized carbons (Fsp3) is 0.800. The average Bonchev–Trinajstić information content (AvgIpc) is 1.59. The Labute approximate surface area is 60.8 Å². The molecule has 0 saturated carbocycles. The maximum absolute atomic E-state index is 10.8. The summed E-state index contributed by atoms with van der Waals surface area (Å²) in [5.41, 5.74) is 0. The van der Waals surface area contributed by atoms with Crippen molar-refractivity contribution in [2.75, 3.05) is 19.1 Å². The van der Waals surface area contributed by atoms with Gasteiger partial charge in [0.05, 0.1) is 16.3 Å². The van der Waals surface area contributed by atoms with E-state index in [1.54, 1.807) is 6.92 Å². The molecule has 5 heteroatoms. The maximum atomic E-state index is 10.8. The number of rotatable bonds is 1. The lowest BCUT2D eigenvalue weighted by Crippen LogP contribution is -2.02. The predicted molar refractivity (Wildman–Crippen MR) is 39.4 cm³/mol. The zero-order chi connectivity index (χ0) is 8.20. The molecule has 0 fully saturated rings. The Kier molecular flexibility index (Phi) is 3.35. The minimum Gasteiger partial charge on any atom is -0.448 e. The van der Waals surface area contributed by atoms with Gasteiger partial charge >= 0.3 is 6.09 Å². The summed E-state index contributed by atoms with van der Waals surface area (Å²) in [6, 6.07) is 0. The second kappa shape index (κ2) is 3.55. The van der Waals surface area contributed by atoms with Crippen LogP contribution in [0.1, 0.15) is 6.92 Å². The molecular weight excluding hydrogens is 154 g/mol. The smallest absolute Gasteiger partial charge is 0.441 e. The Morgan fingerprint density at radius 2 is 2.10 bits per heavy atom. The first-order valence-corrected chi connectivity index (χ1v) is 5.12. The van der Waals surface area contributed by atoms with Gasteiger partial charge in [-0.3, -0.25) is 0 Å². The van der Waals surface area contributed by atoms with Gasteiger partial charge in [-0.05, 0) is 6.92 Å². The number of hydrogen-bond acceptors (Lipinski definition) is 3. The summed E-state index contributed by atoms with van der Waals surface area (Å²) >= 11 is 0. The second-order valence-electron chi connectivity index (χ2n) is 1.97. The Bertz CT molecular complexity index is 219. The molecule has 0 bridgehead atoms. The van der Waals surface area contributed by atoms with E-state index in [2.05, 4.69) is 9.10 Å². The molecule has 0 heterocycles. The number of carbonyl (C=O) groups is 1. The topological polar surface area (TPSA) is 55.7 Å². The first-order chi connectivity index (χ1) is 4.45. The van der Waals surface area contributed by atoms with Crippen LogP contribution < -0.4 is 0 Å². The fourth-order valence-corrected chi connectivity index (χ4v) is 0.741. The molecule has 0 aromatic heterocycles. The van der Waals surface area contributed by atoms with Crippen molar-refractivity contribution in [1.29, 1.82) is 0 Å². The molecule has 0 unspecified atom stereocenters. The molecule has 0 saturated heterocycles. The van der Waals surface area contributed by atoms with Gasteiger partial charge in [-0.15, -0.1) is 4.36 Å². The number of amides is 1. The van der Waals surface area contributed by atoms with Crippen molar-refractivity contribution < 1.29 is 13.7 Å². The Morgan fingerprint density at radius 1 is 1.60 bits per heavy atom. The molecule has 0 atom stereocenters. The molecule has 0 aromatic rings. The lowest BCUT2D eigenvalue weighted by molar-refractivity contribution is 0.164. The lowest BCUT2D eigenvalue weighted by Gasteiger charge is -1.95. The Morgan fingerprint density at radius 3 is 2.40 bits per heavy atom. The number of carbonyl (C=O) groups excluding carboxylic acids is 1. The third kappa shape index (κ3) is 5.55. The normalized spacial score (nSPS) is 10.7. The van der Waals surface area contributed by atoms with Crippen LogP contribution in [-0.2, 0) is 14.5 Å². The van der Waals surface area contributed by atoms with E-state index in [0.29, 0.717) is 0 Å². The predicted octanol–water partition coefficient (Wildman–Crippen LogP) is 0.871. The molecule has 0 aliphatic carbocycles. The van der Waals surface area contributed by atoms with E-state index in [4.69, 9.17) is 0 Å². The first-order valence-electron chi connectivity index (χ1n) is 2.79. The summed E-state index contributed by atoms with van der Waals surface area (Å²) in [5.74, 6) is 0. The Hall–Kier alpha value is -0.580. The highest BCUT2D eigenvalue weighted by atomic mass is 32.2. The molecule has 4 nitrogen and oxygen atoms in total. The van der Waals surface area contributed by atoms with E-state index in [9.17, 15) is 9.00 Å². The van der Waals surface area contributed by atoms with Crippen LogP contribution in [0.15, 0.2) is 4.36 Å². The van der Waals surface area contributed by atoms with Gasteiger partial charge in [0.2, 0.25) is 0 Å². The summed E-state index contributed by atoms with van der Waals surface area (Å²) in [6.07, 6.45) is 2.01. The summed E-state index contributed by atoms with van der Waals surface area (Å²) in [6.45, 7) is 1.93. The fourth-order valence-electron chi connectivity index (χ4n) is 0.329. The SMILES string of the molecule is CCOC(=O)N=S(C)(C)=O. The minimum atomic E-state index is -2.35. The standard InChI is InChI=1S/C5H11NO3S/c1-4-9-5(7)6-10(2,3)8/h4H2,1-3H3. The summed E-state index contributed by atoms with van der Waals surface area (Å²) < 4.78 is 18.5. The highest BCUT2D eigenvalue weighted by Gasteiger charge is 1.99. The van der Waals surface area contributed by atoms with Gasteiger partial charge in [-0.2, -0.15) is 0 Å². The summed E-state index contributed by atoms with van der Waals surface area (Å²) in [4.78, 5) is 10.5. The molecule has 1 amide bonds. The molecule has 0 radical (unpaired) electrons. The van der Waals surface area contributed by atoms with Crippen LogP contribution in [-0.4, -0.2) is 29.4 Å². The van der Waals surface area contributed by atoms with Crippen LogP contribution in [0.2, 0.25) is 0 Å². The molecule has 60 valence electrons. The zero-order valence-electron chi connectivity index (χ0n) is 6.29. The quantitative estimate of drug-likeness (QED) is 0.579. The van der Waals surface area contributed by atoms with Gasteiger partial charge in [-0.1, -0.05) is 0 Å². The number of ether oxygens (including phenoxy) is 1. The van der Waals surface area contributed by atoms with Crippen molar-refractivity contribution in [3.63, 3.8) is 0 Å². The Balaban J connectivity index is 4.16. The van der Waals surface area contributed by atoms with Crippen molar-refractivity contribution in [1.82, 2.24) is 0 Å². The maximum Gasteiger partial charge on any atom is 0.441 e. The van der Waals surface area contributed by atoms with E-state index in [0.717, 1.165) is 0 Å². The van der Waals surface area contributed by atoms with Gasteiger partial charge in [0.25, 0.3) is 0 Å². The van der Waals surface area contributed by atoms with Crippen LogP contribution in [0.5, 0.6) is 0 Å². The minimum absolute atomic E-state index is 0.262. The van der Waals surface area contributed by atoms with Gasteiger partial charge in [0, 0.05) is 12.5 Å². The van der Waals surface area contributed by atoms with Gasteiger partial charge in [-0.25, -0.2) is 9.00 Å². The van der Waals surface area contributed by atoms with Crippen molar-refractivity contribution in [2.24, 2.45) is 4.36 Å². The van der Waals surface area contributed by atoms with E-state index in [-0.39, 0.29) is 6.61 Å². The van der Waals surface area contributed by atoms with Gasteiger partial charge in [0.1, 0.15) is 0 Å². The lowest BCUT2D eigenvalue weighted by atomic mass is 10.9. The van der Waals surface area contributed by atoms with E-state index in [1.807, 2.05) is 0 Å². The molecule has 0 aliphatic heterocycles. The van der Waals surface area contributed by atoms with Crippen molar-refractivity contribution >= 4 is 15.8 Å². The monoisotopic (exact) mass is 165 g/mol. The first kappa shape index (κ1) is 9.42. The van der Waals surface area contributed by atoms with E-state index >= 15 is 0 Å². The highest BCUT2D eigenvalue weighted by molar-refractivity contribution is 7.92. The van der Waals surface area contributed by atoms with E-state index < -0.39 is 15.8 Å². The van der Waals surface area contributed by atoms with Gasteiger partial charge in [0.15, 0.2) is 0 Å². The number of nitrogens with zero attached hydrogens (tertiary/aromatic N) is 1. The molecule has 0 N–H and O–H groups in total. The van der Waals surface area contributed by atoms with Crippen LogP contribution in [0, 0.1) is 0 Å². The summed E-state index contributed by atoms with van der Waals surface area (Å²) in [7, 11) is -2.35. The molecule has 0 aromatic carbocycles.